The average Bonchev–Trinajstić information content (AvgIpc) is 2.16. The molecule has 0 fully saturated rings. The van der Waals surface area contributed by atoms with Gasteiger partial charge in [0.25, 0.3) is 0 Å². The monoisotopic (exact) mass is 172 g/mol. The van der Waals surface area contributed by atoms with Gasteiger partial charge in [0.2, 0.25) is 0 Å². The highest BCUT2D eigenvalue weighted by atomic mass is 16.1. The maximum absolute atomic E-state index is 11.2. The van der Waals surface area contributed by atoms with Crippen LogP contribution in [-0.2, 0) is 0 Å². The third-order valence-corrected chi connectivity index (χ3v) is 1.94. The summed E-state index contributed by atoms with van der Waals surface area (Å²) in [5.41, 5.74) is 2.51. The van der Waals surface area contributed by atoms with Gasteiger partial charge in [-0.1, -0.05) is 43.5 Å². The van der Waals surface area contributed by atoms with Crippen LogP contribution in [0.5, 0.6) is 0 Å². The van der Waals surface area contributed by atoms with E-state index in [2.05, 4.69) is 13.2 Å². The zero-order valence-corrected chi connectivity index (χ0v) is 7.71. The Labute approximate surface area is 78.4 Å². The number of hydrogen-bond acceptors (Lipinski definition) is 1. The Morgan fingerprint density at radius 2 is 2.00 bits per heavy atom. The lowest BCUT2D eigenvalue weighted by Crippen LogP contribution is -1.97. The molecule has 0 bridgehead atoms. The van der Waals surface area contributed by atoms with Crippen LogP contribution in [0.1, 0.15) is 28.4 Å². The molecule has 0 aliphatic heterocycles. The molecule has 0 saturated heterocycles. The second-order valence-electron chi connectivity index (χ2n) is 2.77. The number of ketones is 1. The summed E-state index contributed by atoms with van der Waals surface area (Å²) in [5, 5.41) is 0. The lowest BCUT2D eigenvalue weighted by atomic mass is 9.99. The molecule has 1 aromatic rings. The van der Waals surface area contributed by atoms with Crippen LogP contribution in [0.3, 0.4) is 0 Å². The zero-order valence-electron chi connectivity index (χ0n) is 7.71. The zero-order chi connectivity index (χ0) is 9.84. The molecule has 0 aromatic heterocycles. The summed E-state index contributed by atoms with van der Waals surface area (Å²) in [7, 11) is 0. The number of hydrogen-bond donors (Lipinski definition) is 0. The molecule has 0 saturated carbocycles. The number of carbonyl (C=O) groups excluding carboxylic acids is 1. The third kappa shape index (κ3) is 1.75. The van der Waals surface area contributed by atoms with Crippen molar-refractivity contribution < 1.29 is 4.79 Å². The smallest absolute Gasteiger partial charge is 0.160 e. The van der Waals surface area contributed by atoms with Crippen LogP contribution in [-0.4, -0.2) is 5.78 Å². The van der Waals surface area contributed by atoms with E-state index in [-0.39, 0.29) is 5.78 Å². The number of rotatable bonds is 3. The minimum atomic E-state index is 0.0543. The van der Waals surface area contributed by atoms with Crippen molar-refractivity contribution in [1.29, 1.82) is 0 Å². The van der Waals surface area contributed by atoms with Crippen molar-refractivity contribution in [3.05, 3.63) is 48.0 Å². The molecule has 13 heavy (non-hydrogen) atoms. The van der Waals surface area contributed by atoms with Gasteiger partial charge in [0.15, 0.2) is 5.78 Å². The van der Waals surface area contributed by atoms with E-state index in [1.807, 2.05) is 12.1 Å². The quantitative estimate of drug-likeness (QED) is 0.640. The minimum Gasteiger partial charge on any atom is -0.294 e. The summed E-state index contributed by atoms with van der Waals surface area (Å²) in [6, 6.07) is 5.56. The molecular formula is C12H12O. The van der Waals surface area contributed by atoms with E-state index in [9.17, 15) is 4.79 Å². The molecule has 0 amide bonds. The molecule has 0 N–H and O–H groups in total. The Morgan fingerprint density at radius 1 is 1.31 bits per heavy atom. The largest absolute Gasteiger partial charge is 0.294 e. The molecule has 0 unspecified atom stereocenters. The van der Waals surface area contributed by atoms with Crippen molar-refractivity contribution in [2.24, 2.45) is 0 Å². The van der Waals surface area contributed by atoms with Crippen LogP contribution >= 0.6 is 0 Å². The van der Waals surface area contributed by atoms with Gasteiger partial charge in [-0.05, 0) is 18.1 Å². The molecule has 1 nitrogen and oxygen atoms in total. The van der Waals surface area contributed by atoms with Crippen molar-refractivity contribution in [3.63, 3.8) is 0 Å². The summed E-state index contributed by atoms with van der Waals surface area (Å²) in [4.78, 5) is 11.2. The van der Waals surface area contributed by atoms with Gasteiger partial charge in [0.1, 0.15) is 0 Å². The van der Waals surface area contributed by atoms with Gasteiger partial charge in [-0.2, -0.15) is 0 Å². The molecule has 0 aliphatic carbocycles. The molecule has 0 atom stereocenters. The summed E-state index contributed by atoms with van der Waals surface area (Å²) >= 11 is 0. The Kier molecular flexibility index (Phi) is 2.80. The lowest BCUT2D eigenvalue weighted by molar-refractivity contribution is 0.101. The van der Waals surface area contributed by atoms with E-state index in [0.29, 0.717) is 5.56 Å². The first-order chi connectivity index (χ1) is 6.20. The Bertz CT molecular complexity index is 361. The topological polar surface area (TPSA) is 17.1 Å². The van der Waals surface area contributed by atoms with Crippen LogP contribution < -0.4 is 0 Å². The summed E-state index contributed by atoms with van der Waals surface area (Å²) < 4.78 is 0. The second-order valence-corrected chi connectivity index (χ2v) is 2.77. The number of Topliss-reactive ketones (excluding diaryl/α,β-unsaturated/α-hetero) is 1. The third-order valence-electron chi connectivity index (χ3n) is 1.94. The van der Waals surface area contributed by atoms with Gasteiger partial charge in [0, 0.05) is 5.56 Å². The van der Waals surface area contributed by atoms with Crippen molar-refractivity contribution >= 4 is 17.9 Å². The van der Waals surface area contributed by atoms with E-state index in [1.54, 1.807) is 25.1 Å². The number of carbonyl (C=O) groups is 1. The van der Waals surface area contributed by atoms with Crippen LogP contribution in [0.25, 0.3) is 12.2 Å². The van der Waals surface area contributed by atoms with Crippen molar-refractivity contribution in [3.8, 4) is 0 Å². The van der Waals surface area contributed by atoms with E-state index in [4.69, 9.17) is 0 Å². The predicted molar refractivity (Wildman–Crippen MR) is 56.6 cm³/mol. The normalized spacial score (nSPS) is 9.31. The van der Waals surface area contributed by atoms with Crippen LogP contribution in [0.15, 0.2) is 31.4 Å². The van der Waals surface area contributed by atoms with Crippen LogP contribution in [0.4, 0.5) is 0 Å². The average molecular weight is 172 g/mol. The lowest BCUT2D eigenvalue weighted by Gasteiger charge is -2.05. The first kappa shape index (κ1) is 9.46. The first-order valence-corrected chi connectivity index (χ1v) is 4.09. The van der Waals surface area contributed by atoms with Gasteiger partial charge in [0.05, 0.1) is 0 Å². The van der Waals surface area contributed by atoms with Gasteiger partial charge < -0.3 is 0 Å². The molecule has 1 aromatic carbocycles. The summed E-state index contributed by atoms with van der Waals surface area (Å²) in [6.45, 7) is 8.91. The molecule has 0 radical (unpaired) electrons. The van der Waals surface area contributed by atoms with Gasteiger partial charge in [-0.3, -0.25) is 4.79 Å². The Morgan fingerprint density at radius 3 is 2.46 bits per heavy atom. The van der Waals surface area contributed by atoms with E-state index < -0.39 is 0 Å². The van der Waals surface area contributed by atoms with Crippen molar-refractivity contribution in [2.75, 3.05) is 0 Å². The second kappa shape index (κ2) is 3.85. The molecule has 1 heteroatoms. The highest BCUT2D eigenvalue weighted by Crippen LogP contribution is 2.17. The predicted octanol–water partition coefficient (Wildman–Crippen LogP) is 3.18. The highest BCUT2D eigenvalue weighted by Gasteiger charge is 2.06. The maximum Gasteiger partial charge on any atom is 0.160 e. The minimum absolute atomic E-state index is 0.0543. The van der Waals surface area contributed by atoms with Crippen molar-refractivity contribution in [2.45, 2.75) is 6.92 Å². The molecule has 1 rings (SSSR count). The van der Waals surface area contributed by atoms with Gasteiger partial charge >= 0.3 is 0 Å². The SMILES string of the molecule is C=Cc1cccc(C(C)=O)c1C=C. The Hall–Kier alpha value is -1.63. The van der Waals surface area contributed by atoms with Crippen molar-refractivity contribution in [1.82, 2.24) is 0 Å². The maximum atomic E-state index is 11.2. The van der Waals surface area contributed by atoms with Gasteiger partial charge in [-0.25, -0.2) is 0 Å². The molecule has 0 spiro atoms. The van der Waals surface area contributed by atoms with Crippen LogP contribution in [0.2, 0.25) is 0 Å². The molecule has 66 valence electrons. The standard InChI is InChI=1S/C12H12O/c1-4-10-7-6-8-12(9(3)13)11(10)5-2/h4-8H,1-2H2,3H3. The fourth-order valence-electron chi connectivity index (χ4n) is 1.30. The number of benzene rings is 1. The van der Waals surface area contributed by atoms with E-state index >= 15 is 0 Å². The molecular weight excluding hydrogens is 160 g/mol. The fraction of sp³-hybridized carbons (Fsp3) is 0.0833. The first-order valence-electron chi connectivity index (χ1n) is 4.09. The molecule has 0 heterocycles. The fourth-order valence-corrected chi connectivity index (χ4v) is 1.30. The van der Waals surface area contributed by atoms with Crippen LogP contribution in [0, 0.1) is 0 Å². The highest BCUT2D eigenvalue weighted by molar-refractivity contribution is 5.98. The Balaban J connectivity index is 3.43. The molecule has 0 aliphatic rings. The van der Waals surface area contributed by atoms with Gasteiger partial charge in [-0.15, -0.1) is 0 Å². The van der Waals surface area contributed by atoms with E-state index in [1.165, 1.54) is 0 Å². The van der Waals surface area contributed by atoms with E-state index in [0.717, 1.165) is 11.1 Å². The summed E-state index contributed by atoms with van der Waals surface area (Å²) in [6.07, 6.45) is 3.41. The summed E-state index contributed by atoms with van der Waals surface area (Å²) in [5.74, 6) is 0.0543.